The molecule has 0 aromatic heterocycles. The maximum atomic E-state index is 5.40. The van der Waals surface area contributed by atoms with Crippen LogP contribution in [0.2, 0.25) is 0 Å². The molecule has 0 unspecified atom stereocenters. The second-order valence-electron chi connectivity index (χ2n) is 3.50. The van der Waals surface area contributed by atoms with Crippen LogP contribution in [0.1, 0.15) is 12.8 Å². The molecule has 0 radical (unpaired) electrons. The van der Waals surface area contributed by atoms with Crippen LogP contribution in [0, 0.1) is 0 Å². The molecule has 2 heteroatoms. The Morgan fingerprint density at radius 3 is 2.59 bits per heavy atom. The Hall–Kier alpha value is -2.09. The van der Waals surface area contributed by atoms with E-state index in [-0.39, 0.29) is 0 Å². The van der Waals surface area contributed by atoms with Gasteiger partial charge in [0.05, 0.1) is 11.4 Å². The second kappa shape index (κ2) is 8.11. The fraction of sp³-hybridized carbons (Fsp3) is 0.133. The first-order valence-electron chi connectivity index (χ1n) is 5.66. The van der Waals surface area contributed by atoms with Crippen molar-refractivity contribution in [3.8, 4) is 0 Å². The maximum absolute atomic E-state index is 5.40. The molecule has 0 heterocycles. The van der Waals surface area contributed by atoms with E-state index in [1.807, 2.05) is 42.5 Å². The summed E-state index contributed by atoms with van der Waals surface area (Å²) in [4.78, 5) is 4.48. The minimum atomic E-state index is 0.850. The van der Waals surface area contributed by atoms with Gasteiger partial charge in [0, 0.05) is 0 Å². The summed E-state index contributed by atoms with van der Waals surface area (Å²) < 4.78 is 0. The van der Waals surface area contributed by atoms with E-state index in [1.165, 1.54) is 6.20 Å². The van der Waals surface area contributed by atoms with Crippen LogP contribution in [0.15, 0.2) is 72.4 Å². The van der Waals surface area contributed by atoms with Crippen LogP contribution in [-0.4, -0.2) is 5.71 Å². The van der Waals surface area contributed by atoms with E-state index >= 15 is 0 Å². The Kier molecular flexibility index (Phi) is 6.19. The smallest absolute Gasteiger partial charge is 0.0648 e. The third-order valence-electron chi connectivity index (χ3n) is 2.11. The SMILES string of the molecule is C=CCC/C=C/C(/C=C\N)=Nc1ccccc1. The molecule has 0 bridgehead atoms. The molecular formula is C15H18N2. The quantitative estimate of drug-likeness (QED) is 0.448. The Labute approximate surface area is 103 Å². The van der Waals surface area contributed by atoms with Crippen molar-refractivity contribution in [3.05, 3.63) is 67.4 Å². The molecule has 0 amide bonds. The van der Waals surface area contributed by atoms with Crippen molar-refractivity contribution in [2.75, 3.05) is 0 Å². The average molecular weight is 226 g/mol. The van der Waals surface area contributed by atoms with E-state index in [9.17, 15) is 0 Å². The lowest BCUT2D eigenvalue weighted by Crippen LogP contribution is -1.89. The van der Waals surface area contributed by atoms with Crippen LogP contribution in [-0.2, 0) is 0 Å². The summed E-state index contributed by atoms with van der Waals surface area (Å²) in [7, 11) is 0. The highest BCUT2D eigenvalue weighted by atomic mass is 14.7. The van der Waals surface area contributed by atoms with Gasteiger partial charge in [0.15, 0.2) is 0 Å². The van der Waals surface area contributed by atoms with Gasteiger partial charge in [-0.25, -0.2) is 4.99 Å². The third kappa shape index (κ3) is 5.52. The molecule has 0 aliphatic heterocycles. The van der Waals surface area contributed by atoms with Crippen molar-refractivity contribution in [1.82, 2.24) is 0 Å². The molecule has 88 valence electrons. The first-order chi connectivity index (χ1) is 8.36. The standard InChI is InChI=1S/C15H18N2/c1-2-3-4-6-11-15(12-13-16)17-14-9-7-5-8-10-14/h2,5-13H,1,3-4,16H2/b11-6+,13-12-,17-15?. The number of para-hydroxylation sites is 1. The normalized spacial score (nSPS) is 12.4. The molecular weight excluding hydrogens is 208 g/mol. The largest absolute Gasteiger partial charge is 0.405 e. The van der Waals surface area contributed by atoms with E-state index in [0.717, 1.165) is 24.2 Å². The van der Waals surface area contributed by atoms with Crippen molar-refractivity contribution < 1.29 is 0 Å². The lowest BCUT2D eigenvalue weighted by molar-refractivity contribution is 1.06. The summed E-state index contributed by atoms with van der Waals surface area (Å²) in [5.41, 5.74) is 7.18. The van der Waals surface area contributed by atoms with Gasteiger partial charge in [-0.1, -0.05) is 30.4 Å². The molecule has 0 aliphatic carbocycles. The van der Waals surface area contributed by atoms with Crippen LogP contribution in [0.25, 0.3) is 0 Å². The summed E-state index contributed by atoms with van der Waals surface area (Å²) in [5, 5.41) is 0. The molecule has 0 spiro atoms. The fourth-order valence-corrected chi connectivity index (χ4v) is 1.30. The number of hydrogen-bond donors (Lipinski definition) is 1. The Balaban J connectivity index is 2.75. The average Bonchev–Trinajstić information content (AvgIpc) is 2.36. The zero-order valence-electron chi connectivity index (χ0n) is 9.92. The highest BCUT2D eigenvalue weighted by Crippen LogP contribution is 2.10. The molecule has 0 atom stereocenters. The number of nitrogens with zero attached hydrogens (tertiary/aromatic N) is 1. The Bertz CT molecular complexity index is 414. The van der Waals surface area contributed by atoms with E-state index < -0.39 is 0 Å². The summed E-state index contributed by atoms with van der Waals surface area (Å²) in [6.45, 7) is 3.68. The number of aliphatic imine (C=N–C) groups is 1. The third-order valence-corrected chi connectivity index (χ3v) is 2.11. The highest BCUT2D eigenvalue weighted by molar-refractivity contribution is 6.05. The summed E-state index contributed by atoms with van der Waals surface area (Å²) in [6, 6.07) is 9.81. The van der Waals surface area contributed by atoms with Crippen LogP contribution in [0.3, 0.4) is 0 Å². The zero-order valence-corrected chi connectivity index (χ0v) is 9.92. The fourth-order valence-electron chi connectivity index (χ4n) is 1.30. The first kappa shape index (κ1) is 13.0. The van der Waals surface area contributed by atoms with E-state index in [2.05, 4.69) is 17.6 Å². The van der Waals surface area contributed by atoms with Gasteiger partial charge >= 0.3 is 0 Å². The highest BCUT2D eigenvalue weighted by Gasteiger charge is 1.90. The summed E-state index contributed by atoms with van der Waals surface area (Å²) >= 11 is 0. The molecule has 2 nitrogen and oxygen atoms in total. The van der Waals surface area contributed by atoms with Gasteiger partial charge in [-0.05, 0) is 43.3 Å². The summed E-state index contributed by atoms with van der Waals surface area (Å²) in [5.74, 6) is 0. The number of nitrogens with two attached hydrogens (primary N) is 1. The number of rotatable bonds is 6. The van der Waals surface area contributed by atoms with Crippen molar-refractivity contribution in [2.24, 2.45) is 10.7 Å². The summed E-state index contributed by atoms with van der Waals surface area (Å²) in [6.07, 6.45) is 11.2. The lowest BCUT2D eigenvalue weighted by Gasteiger charge is -1.95. The van der Waals surface area contributed by atoms with Gasteiger partial charge in [-0.3, -0.25) is 0 Å². The molecule has 2 N–H and O–H groups in total. The predicted molar refractivity (Wildman–Crippen MR) is 75.4 cm³/mol. The molecule has 17 heavy (non-hydrogen) atoms. The van der Waals surface area contributed by atoms with Crippen LogP contribution < -0.4 is 5.73 Å². The second-order valence-corrected chi connectivity index (χ2v) is 3.50. The molecule has 0 aliphatic rings. The molecule has 1 aromatic carbocycles. The van der Waals surface area contributed by atoms with Crippen molar-refractivity contribution >= 4 is 11.4 Å². The predicted octanol–water partition coefficient (Wildman–Crippen LogP) is 3.75. The molecule has 1 rings (SSSR count). The first-order valence-corrected chi connectivity index (χ1v) is 5.66. The molecule has 0 saturated heterocycles. The number of allylic oxidation sites excluding steroid dienone is 4. The maximum Gasteiger partial charge on any atom is 0.0648 e. The van der Waals surface area contributed by atoms with Crippen molar-refractivity contribution in [3.63, 3.8) is 0 Å². The topological polar surface area (TPSA) is 38.4 Å². The van der Waals surface area contributed by atoms with Gasteiger partial charge in [-0.2, -0.15) is 0 Å². The van der Waals surface area contributed by atoms with Gasteiger partial charge in [0.1, 0.15) is 0 Å². The van der Waals surface area contributed by atoms with Crippen LogP contribution in [0.5, 0.6) is 0 Å². The van der Waals surface area contributed by atoms with Gasteiger partial charge in [0.25, 0.3) is 0 Å². The number of benzene rings is 1. The lowest BCUT2D eigenvalue weighted by atomic mass is 10.2. The molecule has 0 saturated carbocycles. The van der Waals surface area contributed by atoms with Crippen LogP contribution >= 0.6 is 0 Å². The molecule has 0 fully saturated rings. The van der Waals surface area contributed by atoms with Gasteiger partial charge < -0.3 is 5.73 Å². The zero-order chi connectivity index (χ0) is 12.3. The van der Waals surface area contributed by atoms with E-state index in [1.54, 1.807) is 6.08 Å². The Morgan fingerprint density at radius 1 is 1.18 bits per heavy atom. The monoisotopic (exact) mass is 226 g/mol. The van der Waals surface area contributed by atoms with E-state index in [0.29, 0.717) is 0 Å². The van der Waals surface area contributed by atoms with E-state index in [4.69, 9.17) is 5.73 Å². The van der Waals surface area contributed by atoms with Crippen LogP contribution in [0.4, 0.5) is 5.69 Å². The Morgan fingerprint density at radius 2 is 1.94 bits per heavy atom. The van der Waals surface area contributed by atoms with Crippen molar-refractivity contribution in [2.45, 2.75) is 12.8 Å². The minimum Gasteiger partial charge on any atom is -0.405 e. The van der Waals surface area contributed by atoms with Gasteiger partial charge in [-0.15, -0.1) is 6.58 Å². The minimum absolute atomic E-state index is 0.850. The number of unbranched alkanes of at least 4 members (excludes halogenated alkanes) is 1. The van der Waals surface area contributed by atoms with Gasteiger partial charge in [0.2, 0.25) is 0 Å². The number of hydrogen-bond acceptors (Lipinski definition) is 2. The molecule has 1 aromatic rings. The van der Waals surface area contributed by atoms with Crippen molar-refractivity contribution in [1.29, 1.82) is 0 Å².